The van der Waals surface area contributed by atoms with Gasteiger partial charge in [-0.1, -0.05) is 45.1 Å². The average molecular weight is 671 g/mol. The molecule has 0 aliphatic carbocycles. The number of nitrogens with zero attached hydrogens (tertiary/aromatic N) is 1. The number of allylic oxidation sites excluding steroid dienone is 3. The number of unbranched alkanes of at least 4 members (excludes halogenated alkanes) is 5. The molecule has 2 amide bonds. The molecular formula is C39H50N4O6. The maximum absolute atomic E-state index is 12.9. The minimum atomic E-state index is -0.916. The van der Waals surface area contributed by atoms with Crippen LogP contribution in [-0.2, 0) is 32.0 Å². The van der Waals surface area contributed by atoms with Crippen LogP contribution in [0.1, 0.15) is 119 Å². The second-order valence-corrected chi connectivity index (χ2v) is 13.1. The normalized spacial score (nSPS) is 18.8. The molecule has 1 fully saturated rings. The number of hydrogen-bond acceptors (Lipinski definition) is 4. The van der Waals surface area contributed by atoms with E-state index in [0.717, 1.165) is 69.3 Å². The summed E-state index contributed by atoms with van der Waals surface area (Å²) < 4.78 is 0. The third-order valence-corrected chi connectivity index (χ3v) is 9.78. The Labute approximate surface area is 287 Å². The SMILES string of the molecule is C/C=C1\C(=C\c2[nH]c(/C=c3/[nH]/c(=C/C4=NC(=O)C(CCCCCCCC)=C4C)c(C)c3CCC(=O)O)c(CCC(=O)O)c2C)NC(=O)C1C. The van der Waals surface area contributed by atoms with Crippen molar-refractivity contribution in [1.82, 2.24) is 15.3 Å². The smallest absolute Gasteiger partial charge is 0.303 e. The van der Waals surface area contributed by atoms with Crippen molar-refractivity contribution in [2.45, 2.75) is 112 Å². The van der Waals surface area contributed by atoms with E-state index in [4.69, 9.17) is 0 Å². The predicted molar refractivity (Wildman–Crippen MR) is 192 cm³/mol. The number of amides is 2. The highest BCUT2D eigenvalue weighted by Crippen LogP contribution is 2.30. The van der Waals surface area contributed by atoms with Crippen molar-refractivity contribution in [3.63, 3.8) is 0 Å². The number of aliphatic imine (C=N–C) groups is 1. The second kappa shape index (κ2) is 16.6. The van der Waals surface area contributed by atoms with Crippen molar-refractivity contribution in [2.75, 3.05) is 0 Å². The summed E-state index contributed by atoms with van der Waals surface area (Å²) in [5.74, 6) is -2.38. The molecule has 0 spiro atoms. The van der Waals surface area contributed by atoms with E-state index < -0.39 is 11.9 Å². The van der Waals surface area contributed by atoms with E-state index in [1.807, 2.05) is 58.9 Å². The number of carboxylic acid groups (broad SMARTS) is 2. The van der Waals surface area contributed by atoms with Crippen LogP contribution >= 0.6 is 0 Å². The summed E-state index contributed by atoms with van der Waals surface area (Å²) in [4.78, 5) is 59.8. The number of H-pyrrole nitrogens is 2. The lowest BCUT2D eigenvalue weighted by Gasteiger charge is -2.03. The summed E-state index contributed by atoms with van der Waals surface area (Å²) in [6.07, 6.45) is 15.5. The van der Waals surface area contributed by atoms with Gasteiger partial charge in [-0.2, -0.15) is 0 Å². The third kappa shape index (κ3) is 8.85. The molecule has 0 radical (unpaired) electrons. The van der Waals surface area contributed by atoms with Gasteiger partial charge in [0.25, 0.3) is 5.91 Å². The van der Waals surface area contributed by atoms with Gasteiger partial charge in [0.1, 0.15) is 0 Å². The lowest BCUT2D eigenvalue weighted by Crippen LogP contribution is -2.16. The Morgan fingerprint density at radius 1 is 0.796 bits per heavy atom. The first-order valence-corrected chi connectivity index (χ1v) is 17.4. The van der Waals surface area contributed by atoms with Gasteiger partial charge in [0.2, 0.25) is 5.91 Å². The molecule has 262 valence electrons. The largest absolute Gasteiger partial charge is 0.481 e. The summed E-state index contributed by atoms with van der Waals surface area (Å²) in [5, 5.41) is 23.4. The molecule has 0 saturated carbocycles. The van der Waals surface area contributed by atoms with Crippen LogP contribution in [0.3, 0.4) is 0 Å². The van der Waals surface area contributed by atoms with Crippen LogP contribution in [0.25, 0.3) is 18.2 Å². The Balaban J connectivity index is 1.78. The highest BCUT2D eigenvalue weighted by atomic mass is 16.4. The predicted octanol–water partition coefficient (Wildman–Crippen LogP) is 5.70. The quantitative estimate of drug-likeness (QED) is 0.144. The summed E-state index contributed by atoms with van der Waals surface area (Å²) in [6.45, 7) is 11.7. The molecule has 1 saturated heterocycles. The average Bonchev–Trinajstić information content (AvgIpc) is 3.69. The van der Waals surface area contributed by atoms with Crippen LogP contribution in [0.4, 0.5) is 0 Å². The van der Waals surface area contributed by atoms with Gasteiger partial charge in [0.05, 0.1) is 11.6 Å². The molecule has 4 heterocycles. The van der Waals surface area contributed by atoms with Crippen molar-refractivity contribution in [3.8, 4) is 0 Å². The first-order valence-electron chi connectivity index (χ1n) is 17.4. The van der Waals surface area contributed by atoms with Crippen molar-refractivity contribution in [3.05, 3.63) is 72.8 Å². The molecule has 1 unspecified atom stereocenters. The Kier molecular flexibility index (Phi) is 12.6. The Morgan fingerprint density at radius 3 is 2.10 bits per heavy atom. The summed E-state index contributed by atoms with van der Waals surface area (Å²) in [7, 11) is 0. The lowest BCUT2D eigenvalue weighted by atomic mass is 10.00. The molecule has 2 aliphatic rings. The van der Waals surface area contributed by atoms with Gasteiger partial charge in [-0.25, -0.2) is 4.99 Å². The first kappa shape index (κ1) is 37.1. The number of aromatic nitrogens is 2. The highest BCUT2D eigenvalue weighted by molar-refractivity contribution is 6.30. The molecule has 2 aliphatic heterocycles. The van der Waals surface area contributed by atoms with Crippen LogP contribution in [-0.4, -0.2) is 49.6 Å². The topological polar surface area (TPSA) is 165 Å². The maximum Gasteiger partial charge on any atom is 0.303 e. The van der Waals surface area contributed by atoms with Gasteiger partial charge in [-0.15, -0.1) is 0 Å². The van der Waals surface area contributed by atoms with E-state index >= 15 is 0 Å². The first-order chi connectivity index (χ1) is 23.4. The molecule has 2 aromatic heterocycles. The standard InChI is InChI=1S/C39H50N4O6/c1-7-9-10-11-12-13-14-29-24(5)32(42-39(29)49)19-30-22(3)27(15-17-36(44)45)34(40-30)21-35-28(16-18-37(46)47)23(4)31(41-35)20-33-26(8-2)25(6)38(48)43-33/h8,19-21,25,40-41H,7,9-18H2,1-6H3,(H,43,48)(H,44,45)(H,46,47)/b26-8-,30-19+,33-20-,34-21+. The fourth-order valence-corrected chi connectivity index (χ4v) is 6.73. The molecule has 0 bridgehead atoms. The zero-order valence-electron chi connectivity index (χ0n) is 29.6. The van der Waals surface area contributed by atoms with Gasteiger partial charge >= 0.3 is 11.9 Å². The van der Waals surface area contributed by atoms with Gasteiger partial charge in [-0.05, 0) is 112 Å². The van der Waals surface area contributed by atoms with Gasteiger partial charge < -0.3 is 25.5 Å². The van der Waals surface area contributed by atoms with Crippen molar-refractivity contribution >= 4 is 47.7 Å². The molecular weight excluding hydrogens is 620 g/mol. The van der Waals surface area contributed by atoms with Gasteiger partial charge in [0.15, 0.2) is 0 Å². The third-order valence-electron chi connectivity index (χ3n) is 9.78. The van der Waals surface area contributed by atoms with E-state index in [1.165, 1.54) is 19.3 Å². The fourth-order valence-electron chi connectivity index (χ4n) is 6.73. The minimum Gasteiger partial charge on any atom is -0.481 e. The van der Waals surface area contributed by atoms with Crippen LogP contribution in [0.15, 0.2) is 33.5 Å². The molecule has 10 heteroatoms. The molecule has 0 aromatic carbocycles. The number of aromatic amines is 2. The van der Waals surface area contributed by atoms with E-state index in [2.05, 4.69) is 27.2 Å². The molecule has 10 nitrogen and oxygen atoms in total. The summed E-state index contributed by atoms with van der Waals surface area (Å²) >= 11 is 0. The molecule has 49 heavy (non-hydrogen) atoms. The Bertz CT molecular complexity index is 1880. The number of carbonyl (C=O) groups excluding carboxylic acids is 2. The summed E-state index contributed by atoms with van der Waals surface area (Å²) in [6, 6.07) is 0. The number of aliphatic carboxylic acids is 2. The molecule has 1 atom stereocenters. The zero-order valence-corrected chi connectivity index (χ0v) is 29.6. The van der Waals surface area contributed by atoms with Crippen LogP contribution in [0.2, 0.25) is 0 Å². The van der Waals surface area contributed by atoms with E-state index in [1.54, 1.807) is 0 Å². The Morgan fingerprint density at radius 2 is 1.45 bits per heavy atom. The monoisotopic (exact) mass is 670 g/mol. The number of nitrogens with one attached hydrogen (secondary N) is 3. The van der Waals surface area contributed by atoms with Crippen LogP contribution in [0, 0.1) is 19.8 Å². The van der Waals surface area contributed by atoms with Crippen molar-refractivity contribution < 1.29 is 29.4 Å². The number of carboxylic acids is 2. The molecule has 5 N–H and O–H groups in total. The maximum atomic E-state index is 12.9. The second-order valence-electron chi connectivity index (χ2n) is 13.1. The van der Waals surface area contributed by atoms with Gasteiger partial charge in [0, 0.05) is 46.2 Å². The number of hydrogen-bond donors (Lipinski definition) is 5. The van der Waals surface area contributed by atoms with Crippen LogP contribution in [0.5, 0.6) is 0 Å². The number of carbonyl (C=O) groups is 4. The highest BCUT2D eigenvalue weighted by Gasteiger charge is 2.29. The molecule has 2 aromatic rings. The van der Waals surface area contributed by atoms with E-state index in [9.17, 15) is 29.4 Å². The fraction of sp³-hybridized carbons (Fsp3) is 0.462. The number of rotatable bonds is 16. The van der Waals surface area contributed by atoms with Gasteiger partial charge in [-0.3, -0.25) is 19.2 Å². The zero-order chi connectivity index (χ0) is 35.8. The Hall–Kier alpha value is -4.73. The van der Waals surface area contributed by atoms with Crippen molar-refractivity contribution in [2.24, 2.45) is 10.9 Å². The summed E-state index contributed by atoms with van der Waals surface area (Å²) in [5.41, 5.74) is 8.61. The van der Waals surface area contributed by atoms with Crippen molar-refractivity contribution in [1.29, 1.82) is 0 Å². The minimum absolute atomic E-state index is 0.0708. The van der Waals surface area contributed by atoms with Crippen LogP contribution < -0.4 is 16.0 Å². The lowest BCUT2D eigenvalue weighted by molar-refractivity contribution is -0.138. The van der Waals surface area contributed by atoms with E-state index in [-0.39, 0.29) is 43.4 Å². The molecule has 4 rings (SSSR count). The van der Waals surface area contributed by atoms with E-state index in [0.29, 0.717) is 28.9 Å².